The van der Waals surface area contributed by atoms with Crippen LogP contribution in [-0.4, -0.2) is 42.4 Å². The second kappa shape index (κ2) is 9.07. The van der Waals surface area contributed by atoms with Crippen molar-refractivity contribution in [1.82, 2.24) is 4.90 Å². The molecule has 138 valence electrons. The van der Waals surface area contributed by atoms with Crippen LogP contribution in [0.5, 0.6) is 5.75 Å². The van der Waals surface area contributed by atoms with E-state index in [-0.39, 0.29) is 17.8 Å². The number of aliphatic hydroxyl groups is 1. The third-order valence-electron chi connectivity index (χ3n) is 4.58. The molecule has 0 saturated carbocycles. The number of aliphatic hydroxyl groups excluding tert-OH is 1. The largest absolute Gasteiger partial charge is 1.00 e. The topological polar surface area (TPSA) is 32.7 Å². The van der Waals surface area contributed by atoms with Gasteiger partial charge in [-0.25, -0.2) is 0 Å². The van der Waals surface area contributed by atoms with Gasteiger partial charge in [-0.1, -0.05) is 46.8 Å². The minimum atomic E-state index is -0.435. The van der Waals surface area contributed by atoms with Gasteiger partial charge in [0, 0.05) is 19.6 Å². The number of hydrogen-bond donors (Lipinski definition) is 1. The van der Waals surface area contributed by atoms with Gasteiger partial charge in [0.2, 0.25) is 0 Å². The van der Waals surface area contributed by atoms with Crippen LogP contribution in [0, 0.1) is 11.8 Å². The summed E-state index contributed by atoms with van der Waals surface area (Å²) in [5, 5.41) is 10.3. The van der Waals surface area contributed by atoms with Crippen molar-refractivity contribution < 1.29 is 22.3 Å². The Morgan fingerprint density at radius 2 is 1.67 bits per heavy atom. The van der Waals surface area contributed by atoms with Crippen molar-refractivity contribution in [3.8, 4) is 5.75 Å². The molecule has 3 atom stereocenters. The minimum Gasteiger partial charge on any atom is -1.00 e. The molecular formula is C20H33ClNO2-. The summed E-state index contributed by atoms with van der Waals surface area (Å²) in [7, 11) is 0. The number of ether oxygens (including phenoxy) is 1. The van der Waals surface area contributed by atoms with Gasteiger partial charge in [0.1, 0.15) is 18.5 Å². The first-order valence-electron chi connectivity index (χ1n) is 8.88. The highest BCUT2D eigenvalue weighted by atomic mass is 35.5. The SMILES string of the molecule is CC1CC(C)CN(CC(O)COc2ccc(C(C)(C)C)cc2)C1.[Cl-]. The summed E-state index contributed by atoms with van der Waals surface area (Å²) in [6, 6.07) is 8.21. The highest BCUT2D eigenvalue weighted by Crippen LogP contribution is 2.24. The molecule has 0 aliphatic carbocycles. The molecule has 0 radical (unpaired) electrons. The molecule has 1 aromatic rings. The standard InChI is InChI=1S/C20H33NO2.ClH/c1-15-10-16(2)12-21(11-15)13-18(22)14-23-19-8-6-17(7-9-19)20(3,4)5;/h6-9,15-16,18,22H,10-14H2,1-5H3;1H/p-1. The fourth-order valence-corrected chi connectivity index (χ4v) is 3.54. The maximum Gasteiger partial charge on any atom is 0.119 e. The van der Waals surface area contributed by atoms with Gasteiger partial charge in [-0.15, -0.1) is 0 Å². The zero-order chi connectivity index (χ0) is 17.0. The summed E-state index contributed by atoms with van der Waals surface area (Å²) < 4.78 is 5.75. The van der Waals surface area contributed by atoms with Gasteiger partial charge in [0.25, 0.3) is 0 Å². The van der Waals surface area contributed by atoms with Crippen molar-refractivity contribution in [3.63, 3.8) is 0 Å². The predicted molar refractivity (Wildman–Crippen MR) is 96.0 cm³/mol. The highest BCUT2D eigenvalue weighted by molar-refractivity contribution is 5.31. The van der Waals surface area contributed by atoms with Crippen LogP contribution >= 0.6 is 0 Å². The zero-order valence-electron chi connectivity index (χ0n) is 15.8. The maximum absolute atomic E-state index is 10.3. The summed E-state index contributed by atoms with van der Waals surface area (Å²) in [6.07, 6.45) is 0.859. The third-order valence-corrected chi connectivity index (χ3v) is 4.58. The minimum absolute atomic E-state index is 0. The van der Waals surface area contributed by atoms with Crippen LogP contribution in [0.3, 0.4) is 0 Å². The van der Waals surface area contributed by atoms with E-state index in [1.165, 1.54) is 12.0 Å². The summed E-state index contributed by atoms with van der Waals surface area (Å²) in [4.78, 5) is 2.37. The lowest BCUT2D eigenvalue weighted by molar-refractivity contribution is -0.00000944. The van der Waals surface area contributed by atoms with E-state index in [0.29, 0.717) is 13.2 Å². The smallest absolute Gasteiger partial charge is 0.119 e. The first-order valence-corrected chi connectivity index (χ1v) is 8.88. The lowest BCUT2D eigenvalue weighted by Gasteiger charge is -2.35. The Bertz CT molecular complexity index is 473. The molecule has 0 aromatic heterocycles. The van der Waals surface area contributed by atoms with Crippen LogP contribution in [0.15, 0.2) is 24.3 Å². The van der Waals surface area contributed by atoms with Crippen molar-refractivity contribution >= 4 is 0 Å². The van der Waals surface area contributed by atoms with Crippen LogP contribution in [0.2, 0.25) is 0 Å². The van der Waals surface area contributed by atoms with Crippen molar-refractivity contribution in [2.24, 2.45) is 11.8 Å². The van der Waals surface area contributed by atoms with Crippen molar-refractivity contribution in [2.45, 2.75) is 52.6 Å². The van der Waals surface area contributed by atoms with Gasteiger partial charge >= 0.3 is 0 Å². The number of β-amino-alcohol motifs (C(OH)–C–C–N with tert-alkyl or cyclic N) is 1. The Morgan fingerprint density at radius 1 is 1.12 bits per heavy atom. The number of benzene rings is 1. The molecule has 1 heterocycles. The Balaban J connectivity index is 0.00000288. The molecule has 2 rings (SSSR count). The molecule has 24 heavy (non-hydrogen) atoms. The van der Waals surface area contributed by atoms with Crippen LogP contribution < -0.4 is 17.1 Å². The van der Waals surface area contributed by atoms with E-state index in [4.69, 9.17) is 4.74 Å². The molecule has 3 unspecified atom stereocenters. The number of hydrogen-bond acceptors (Lipinski definition) is 3. The van der Waals surface area contributed by atoms with E-state index in [1.54, 1.807) is 0 Å². The van der Waals surface area contributed by atoms with Crippen LogP contribution in [-0.2, 0) is 5.41 Å². The fourth-order valence-electron chi connectivity index (χ4n) is 3.54. The number of rotatable bonds is 5. The Labute approximate surface area is 153 Å². The van der Waals surface area contributed by atoms with Crippen molar-refractivity contribution in [1.29, 1.82) is 0 Å². The highest BCUT2D eigenvalue weighted by Gasteiger charge is 2.23. The number of halogens is 1. The Morgan fingerprint density at radius 3 is 2.17 bits per heavy atom. The van der Waals surface area contributed by atoms with Crippen LogP contribution in [0.25, 0.3) is 0 Å². The van der Waals surface area contributed by atoms with E-state index >= 15 is 0 Å². The Hall–Kier alpha value is -0.770. The summed E-state index contributed by atoms with van der Waals surface area (Å²) in [6.45, 7) is 14.4. The monoisotopic (exact) mass is 354 g/mol. The molecular weight excluding hydrogens is 322 g/mol. The first kappa shape index (κ1) is 21.3. The van der Waals surface area contributed by atoms with E-state index in [2.05, 4.69) is 51.7 Å². The third kappa shape index (κ3) is 6.62. The number of likely N-dealkylation sites (tertiary alicyclic amines) is 1. The molecule has 1 aliphatic rings. The van der Waals surface area contributed by atoms with E-state index in [0.717, 1.165) is 30.7 Å². The van der Waals surface area contributed by atoms with E-state index in [9.17, 15) is 5.11 Å². The van der Waals surface area contributed by atoms with Gasteiger partial charge in [0.15, 0.2) is 0 Å². The average molecular weight is 355 g/mol. The van der Waals surface area contributed by atoms with E-state index < -0.39 is 6.10 Å². The van der Waals surface area contributed by atoms with Gasteiger partial charge in [0.05, 0.1) is 0 Å². The molecule has 1 aromatic carbocycles. The van der Waals surface area contributed by atoms with E-state index in [1.807, 2.05) is 12.1 Å². The quantitative estimate of drug-likeness (QED) is 0.845. The van der Waals surface area contributed by atoms with Gasteiger partial charge in [-0.2, -0.15) is 0 Å². The predicted octanol–water partition coefficient (Wildman–Crippen LogP) is 0.706. The second-order valence-electron chi connectivity index (χ2n) is 8.40. The molecule has 0 amide bonds. The number of piperidine rings is 1. The summed E-state index contributed by atoms with van der Waals surface area (Å²) >= 11 is 0. The first-order chi connectivity index (χ1) is 10.7. The molecule has 1 aliphatic heterocycles. The van der Waals surface area contributed by atoms with Crippen LogP contribution in [0.1, 0.15) is 46.6 Å². The van der Waals surface area contributed by atoms with Crippen LogP contribution in [0.4, 0.5) is 0 Å². The van der Waals surface area contributed by atoms with Crippen molar-refractivity contribution in [2.75, 3.05) is 26.2 Å². The summed E-state index contributed by atoms with van der Waals surface area (Å²) in [5.74, 6) is 2.27. The lowest BCUT2D eigenvalue weighted by atomic mass is 9.87. The van der Waals surface area contributed by atoms with Gasteiger partial charge in [-0.3, -0.25) is 0 Å². The molecule has 1 N–H and O–H groups in total. The molecule has 1 saturated heterocycles. The van der Waals surface area contributed by atoms with Gasteiger partial charge < -0.3 is 27.2 Å². The lowest BCUT2D eigenvalue weighted by Crippen LogP contribution is -3.00. The maximum atomic E-state index is 10.3. The fraction of sp³-hybridized carbons (Fsp3) is 0.700. The molecule has 0 spiro atoms. The normalized spacial score (nSPS) is 23.4. The molecule has 1 fully saturated rings. The molecule has 0 bridgehead atoms. The zero-order valence-corrected chi connectivity index (χ0v) is 16.5. The average Bonchev–Trinajstić information content (AvgIpc) is 2.43. The summed E-state index contributed by atoms with van der Waals surface area (Å²) in [5.41, 5.74) is 1.45. The number of nitrogens with zero attached hydrogens (tertiary/aromatic N) is 1. The van der Waals surface area contributed by atoms with Gasteiger partial charge in [-0.05, 0) is 41.4 Å². The second-order valence-corrected chi connectivity index (χ2v) is 8.40. The van der Waals surface area contributed by atoms with Crippen molar-refractivity contribution in [3.05, 3.63) is 29.8 Å². The molecule has 4 heteroatoms. The Kier molecular flexibility index (Phi) is 8.04. The molecule has 3 nitrogen and oxygen atoms in total.